The Morgan fingerprint density at radius 1 is 0.653 bits per heavy atom. The summed E-state index contributed by atoms with van der Waals surface area (Å²) in [5.74, 6) is 2.76. The van der Waals surface area contributed by atoms with Crippen LogP contribution in [0.25, 0.3) is 11.1 Å². The number of hydrogen-bond acceptors (Lipinski definition) is 4. The lowest BCUT2D eigenvalue weighted by Gasteiger charge is -2.39. The monoisotopic (exact) mass is 631 g/mol. The zero-order valence-electron chi connectivity index (χ0n) is 27.2. The van der Waals surface area contributed by atoms with Crippen molar-refractivity contribution in [3.8, 4) is 28.7 Å². The van der Waals surface area contributed by atoms with E-state index in [1.807, 2.05) is 36.4 Å². The van der Waals surface area contributed by atoms with Crippen molar-refractivity contribution in [2.45, 2.75) is 31.2 Å². The van der Waals surface area contributed by atoms with Gasteiger partial charge in [-0.05, 0) is 82.5 Å². The van der Waals surface area contributed by atoms with Crippen LogP contribution in [0.15, 0.2) is 156 Å². The molecule has 0 amide bonds. The van der Waals surface area contributed by atoms with Crippen molar-refractivity contribution in [2.75, 3.05) is 0 Å². The zero-order chi connectivity index (χ0) is 33.0. The molecule has 234 valence electrons. The Balaban J connectivity index is 1.26. The molecule has 1 spiro atoms. The first-order valence-corrected chi connectivity index (χ1v) is 17.0. The van der Waals surface area contributed by atoms with Crippen molar-refractivity contribution in [2.24, 2.45) is 15.9 Å². The van der Waals surface area contributed by atoms with Gasteiger partial charge in [-0.25, -0.2) is 4.99 Å². The number of nitrogens with zero attached hydrogens (tertiary/aromatic N) is 3. The van der Waals surface area contributed by atoms with Crippen LogP contribution >= 0.6 is 0 Å². The highest BCUT2D eigenvalue weighted by molar-refractivity contribution is 6.13. The van der Waals surface area contributed by atoms with Crippen molar-refractivity contribution in [3.05, 3.63) is 190 Å². The van der Waals surface area contributed by atoms with Gasteiger partial charge < -0.3 is 4.74 Å². The molecule has 0 radical (unpaired) electrons. The fourth-order valence-electron chi connectivity index (χ4n) is 8.13. The Labute approximate surface area is 286 Å². The lowest BCUT2D eigenvalue weighted by molar-refractivity contribution is 0.436. The van der Waals surface area contributed by atoms with E-state index in [-0.39, 0.29) is 6.04 Å². The van der Waals surface area contributed by atoms with Crippen molar-refractivity contribution >= 4 is 11.5 Å². The summed E-state index contributed by atoms with van der Waals surface area (Å²) in [6, 6.07) is 53.0. The van der Waals surface area contributed by atoms with Gasteiger partial charge in [0.25, 0.3) is 0 Å². The first kappa shape index (κ1) is 29.1. The van der Waals surface area contributed by atoms with E-state index >= 15 is 0 Å². The molecule has 2 unspecified atom stereocenters. The quantitative estimate of drug-likeness (QED) is 0.195. The summed E-state index contributed by atoms with van der Waals surface area (Å²) in [6.45, 7) is 2.31. The van der Waals surface area contributed by atoms with Crippen molar-refractivity contribution in [3.63, 3.8) is 0 Å². The Morgan fingerprint density at radius 3 is 2.04 bits per heavy atom. The normalized spacial score (nSPS) is 18.3. The summed E-state index contributed by atoms with van der Waals surface area (Å²) in [7, 11) is 0. The van der Waals surface area contributed by atoms with E-state index in [4.69, 9.17) is 14.7 Å². The highest BCUT2D eigenvalue weighted by Gasteiger charge is 2.51. The van der Waals surface area contributed by atoms with E-state index in [0.717, 1.165) is 74.8 Å². The second-order valence-electron chi connectivity index (χ2n) is 13.2. The standard InChI is InChI=1S/C45H33N3O/c1-29-20-25-40(47-44(32-14-6-3-7-15-32)48-43(29)31-12-4-2-5-13-31)33-22-24-36-35(27-33)34-23-21-30(28-46)26-39(34)45(36)37-16-8-10-18-41(37)49-42-19-11-9-17-38(42)45/h2-19,21-24,26-27,29,43H,20,25H2,1H3. The molecule has 0 fully saturated rings. The number of benzene rings is 6. The summed E-state index contributed by atoms with van der Waals surface area (Å²) in [4.78, 5) is 10.7. The Hall–Kier alpha value is -6.05. The van der Waals surface area contributed by atoms with Gasteiger partial charge >= 0.3 is 0 Å². The number of rotatable bonds is 3. The van der Waals surface area contributed by atoms with Gasteiger partial charge in [0.15, 0.2) is 5.84 Å². The molecular formula is C45H33N3O. The molecule has 0 saturated carbocycles. The Morgan fingerprint density at radius 2 is 1.33 bits per heavy atom. The first-order valence-electron chi connectivity index (χ1n) is 17.0. The molecular weight excluding hydrogens is 599 g/mol. The summed E-state index contributed by atoms with van der Waals surface area (Å²) in [5, 5.41) is 10.1. The molecule has 0 N–H and O–H groups in total. The fourth-order valence-corrected chi connectivity index (χ4v) is 8.13. The van der Waals surface area contributed by atoms with Gasteiger partial charge in [0.1, 0.15) is 11.5 Å². The molecule has 6 aromatic rings. The third-order valence-corrected chi connectivity index (χ3v) is 10.5. The topological polar surface area (TPSA) is 57.7 Å². The second kappa shape index (κ2) is 11.6. The van der Waals surface area contributed by atoms with Gasteiger partial charge in [-0.2, -0.15) is 5.26 Å². The van der Waals surface area contributed by atoms with Gasteiger partial charge in [0.05, 0.1) is 28.8 Å². The number of amidine groups is 1. The maximum absolute atomic E-state index is 10.1. The average molecular weight is 632 g/mol. The number of fused-ring (bicyclic) bond motifs is 9. The lowest BCUT2D eigenvalue weighted by Crippen LogP contribution is -2.32. The molecule has 2 atom stereocenters. The van der Waals surface area contributed by atoms with Crippen LogP contribution < -0.4 is 4.74 Å². The fraction of sp³-hybridized carbons (Fsp3) is 0.133. The van der Waals surface area contributed by atoms with Crippen LogP contribution in [-0.4, -0.2) is 11.5 Å². The summed E-state index contributed by atoms with van der Waals surface area (Å²) in [5.41, 5.74) is 11.1. The minimum absolute atomic E-state index is 0.0245. The first-order chi connectivity index (χ1) is 24.1. The van der Waals surface area contributed by atoms with Crippen molar-refractivity contribution < 1.29 is 4.74 Å². The van der Waals surface area contributed by atoms with Gasteiger partial charge in [-0.3, -0.25) is 4.99 Å². The van der Waals surface area contributed by atoms with E-state index in [2.05, 4.69) is 122 Å². The Bertz CT molecular complexity index is 2300. The molecule has 0 aromatic heterocycles. The minimum atomic E-state index is -0.627. The van der Waals surface area contributed by atoms with Gasteiger partial charge in [0.2, 0.25) is 0 Å². The van der Waals surface area contributed by atoms with E-state index in [1.165, 1.54) is 11.1 Å². The number of ether oxygens (including phenoxy) is 1. The SMILES string of the molecule is CC1CCC(c2ccc3c(c2)-c2ccc(C#N)cc2C32c3ccccc3Oc3ccccc32)=NC(c2ccccc2)=NC1c1ccccc1. The summed E-state index contributed by atoms with van der Waals surface area (Å²) in [6.07, 6.45) is 1.80. The van der Waals surface area contributed by atoms with Gasteiger partial charge in [0, 0.05) is 16.7 Å². The van der Waals surface area contributed by atoms with Crippen LogP contribution in [0.2, 0.25) is 0 Å². The maximum Gasteiger partial charge on any atom is 0.155 e. The van der Waals surface area contributed by atoms with Crippen LogP contribution in [0.5, 0.6) is 11.5 Å². The molecule has 1 aliphatic carbocycles. The predicted octanol–water partition coefficient (Wildman–Crippen LogP) is 10.4. The summed E-state index contributed by atoms with van der Waals surface area (Å²) >= 11 is 0. The molecule has 6 aromatic carbocycles. The van der Waals surface area contributed by atoms with Crippen LogP contribution in [0.3, 0.4) is 0 Å². The zero-order valence-corrected chi connectivity index (χ0v) is 27.2. The van der Waals surface area contributed by atoms with E-state index in [0.29, 0.717) is 11.5 Å². The van der Waals surface area contributed by atoms with E-state index < -0.39 is 5.41 Å². The molecule has 2 aliphatic heterocycles. The molecule has 0 bridgehead atoms. The molecule has 4 nitrogen and oxygen atoms in total. The molecule has 2 heterocycles. The number of aliphatic imine (C=N–C) groups is 2. The van der Waals surface area contributed by atoms with E-state index in [1.54, 1.807) is 0 Å². The van der Waals surface area contributed by atoms with E-state index in [9.17, 15) is 5.26 Å². The van der Waals surface area contributed by atoms with Crippen LogP contribution in [0.4, 0.5) is 0 Å². The number of para-hydroxylation sites is 2. The second-order valence-corrected chi connectivity index (χ2v) is 13.2. The van der Waals surface area contributed by atoms with Gasteiger partial charge in [-0.1, -0.05) is 122 Å². The highest BCUT2D eigenvalue weighted by atomic mass is 16.5. The molecule has 4 heteroatoms. The molecule has 9 rings (SSSR count). The average Bonchev–Trinajstić information content (AvgIpc) is 3.43. The van der Waals surface area contributed by atoms with Crippen molar-refractivity contribution in [1.29, 1.82) is 5.26 Å². The predicted molar refractivity (Wildman–Crippen MR) is 196 cm³/mol. The van der Waals surface area contributed by atoms with Crippen LogP contribution in [0, 0.1) is 17.2 Å². The summed E-state index contributed by atoms with van der Waals surface area (Å²) < 4.78 is 6.50. The third kappa shape index (κ3) is 4.58. The largest absolute Gasteiger partial charge is 0.457 e. The maximum atomic E-state index is 10.1. The number of hydrogen-bond donors (Lipinski definition) is 0. The minimum Gasteiger partial charge on any atom is -0.457 e. The van der Waals surface area contributed by atoms with Crippen molar-refractivity contribution in [1.82, 2.24) is 0 Å². The highest BCUT2D eigenvalue weighted by Crippen LogP contribution is 2.62. The lowest BCUT2D eigenvalue weighted by atomic mass is 9.66. The smallest absolute Gasteiger partial charge is 0.155 e. The Kier molecular flexibility index (Phi) is 6.88. The number of nitriles is 1. The van der Waals surface area contributed by atoms with Crippen LogP contribution in [-0.2, 0) is 5.41 Å². The molecule has 49 heavy (non-hydrogen) atoms. The van der Waals surface area contributed by atoms with Crippen LogP contribution in [0.1, 0.15) is 70.3 Å². The third-order valence-electron chi connectivity index (χ3n) is 10.5. The molecule has 0 saturated heterocycles. The molecule has 3 aliphatic rings. The van der Waals surface area contributed by atoms with Gasteiger partial charge in [-0.15, -0.1) is 0 Å².